The number of amides is 1. The van der Waals surface area contributed by atoms with Crippen LogP contribution in [0.4, 0.5) is 0 Å². The van der Waals surface area contributed by atoms with E-state index in [4.69, 9.17) is 4.74 Å². The predicted molar refractivity (Wildman–Crippen MR) is 85.2 cm³/mol. The molecule has 0 unspecified atom stereocenters. The van der Waals surface area contributed by atoms with Crippen LogP contribution < -0.4 is 0 Å². The summed E-state index contributed by atoms with van der Waals surface area (Å²) >= 11 is 0. The molecule has 0 saturated heterocycles. The third kappa shape index (κ3) is 2.25. The fraction of sp³-hybridized carbons (Fsp3) is 0.167. The lowest BCUT2D eigenvalue weighted by Gasteiger charge is -2.13. The Kier molecular flexibility index (Phi) is 3.59. The molecule has 0 fully saturated rings. The summed E-state index contributed by atoms with van der Waals surface area (Å²) in [6.45, 7) is 1.84. The number of hydrogen-bond donors (Lipinski definition) is 0. The van der Waals surface area contributed by atoms with E-state index in [2.05, 4.69) is 0 Å². The molecule has 23 heavy (non-hydrogen) atoms. The fourth-order valence-electron chi connectivity index (χ4n) is 2.78. The van der Waals surface area contributed by atoms with Crippen LogP contribution in [0.15, 0.2) is 42.0 Å². The highest BCUT2D eigenvalue weighted by molar-refractivity contribution is 6.16. The third-order valence-corrected chi connectivity index (χ3v) is 3.84. The van der Waals surface area contributed by atoms with Crippen LogP contribution >= 0.6 is 0 Å². The van der Waals surface area contributed by atoms with Crippen LogP contribution in [0.1, 0.15) is 22.8 Å². The Labute approximate surface area is 133 Å². The number of fused-ring (bicyclic) bond motifs is 2. The summed E-state index contributed by atoms with van der Waals surface area (Å²) in [6, 6.07) is 13.1. The van der Waals surface area contributed by atoms with Crippen molar-refractivity contribution >= 4 is 28.3 Å². The molecule has 1 heterocycles. The Morgan fingerprint density at radius 2 is 1.83 bits per heavy atom. The molecule has 2 aromatic rings. The Morgan fingerprint density at radius 3 is 2.39 bits per heavy atom. The maximum atomic E-state index is 12.5. The van der Waals surface area contributed by atoms with Crippen molar-refractivity contribution in [1.82, 2.24) is 4.90 Å². The molecule has 2 aromatic carbocycles. The summed E-state index contributed by atoms with van der Waals surface area (Å²) in [5.41, 5.74) is 1.22. The van der Waals surface area contributed by atoms with Gasteiger partial charge in [0, 0.05) is 18.2 Å². The summed E-state index contributed by atoms with van der Waals surface area (Å²) < 4.78 is 4.94. The molecule has 1 aliphatic rings. The average molecular weight is 306 g/mol. The monoisotopic (exact) mass is 306 g/mol. The van der Waals surface area contributed by atoms with Crippen molar-refractivity contribution in [3.05, 3.63) is 53.1 Å². The molecule has 0 bridgehead atoms. The van der Waals surface area contributed by atoms with Crippen molar-refractivity contribution in [1.29, 1.82) is 5.26 Å². The van der Waals surface area contributed by atoms with Crippen LogP contribution in [-0.2, 0) is 9.53 Å². The van der Waals surface area contributed by atoms with Gasteiger partial charge in [0.1, 0.15) is 6.07 Å². The number of nitrogens with zero attached hydrogens (tertiary/aromatic N) is 2. The van der Waals surface area contributed by atoms with Crippen molar-refractivity contribution in [2.24, 2.45) is 0 Å². The van der Waals surface area contributed by atoms with Crippen molar-refractivity contribution in [2.45, 2.75) is 6.92 Å². The number of benzene rings is 2. The first-order valence-corrected chi connectivity index (χ1v) is 7.21. The summed E-state index contributed by atoms with van der Waals surface area (Å²) in [5.74, 6) is -0.955. The Balaban J connectivity index is 2.30. The smallest absolute Gasteiger partial charge is 0.351 e. The summed E-state index contributed by atoms with van der Waals surface area (Å²) in [7, 11) is 1.55. The molecule has 1 aliphatic heterocycles. The summed E-state index contributed by atoms with van der Waals surface area (Å²) in [4.78, 5) is 25.9. The number of carbonyl (C=O) groups excluding carboxylic acids is 2. The van der Waals surface area contributed by atoms with Gasteiger partial charge < -0.3 is 9.64 Å². The van der Waals surface area contributed by atoms with Gasteiger partial charge in [-0.25, -0.2) is 4.79 Å². The predicted octanol–water partition coefficient (Wildman–Crippen LogP) is 2.72. The standard InChI is InChI=1S/C18H14N2O3/c1-3-23-18(22)15(10-19)16-13-8-11-6-4-5-7-12(11)9-14(13)17(21)20(16)2/h4-9H,3H2,1-2H3/b16-15-. The van der Waals surface area contributed by atoms with Crippen LogP contribution in [0.5, 0.6) is 0 Å². The van der Waals surface area contributed by atoms with E-state index in [-0.39, 0.29) is 18.1 Å². The van der Waals surface area contributed by atoms with E-state index >= 15 is 0 Å². The molecule has 0 radical (unpaired) electrons. The van der Waals surface area contributed by atoms with Crippen molar-refractivity contribution in [3.8, 4) is 6.07 Å². The van der Waals surface area contributed by atoms with Crippen LogP contribution in [0, 0.1) is 11.3 Å². The zero-order chi connectivity index (χ0) is 16.6. The lowest BCUT2D eigenvalue weighted by atomic mass is 9.99. The van der Waals surface area contributed by atoms with Gasteiger partial charge in [0.25, 0.3) is 5.91 Å². The van der Waals surface area contributed by atoms with Gasteiger partial charge >= 0.3 is 5.97 Å². The van der Waals surface area contributed by atoms with Crippen molar-refractivity contribution < 1.29 is 14.3 Å². The minimum absolute atomic E-state index is 0.156. The molecular formula is C18H14N2O3. The van der Waals surface area contributed by atoms with Gasteiger partial charge in [-0.05, 0) is 29.8 Å². The van der Waals surface area contributed by atoms with Gasteiger partial charge in [-0.2, -0.15) is 5.26 Å². The second-order valence-electron chi connectivity index (χ2n) is 5.16. The lowest BCUT2D eigenvalue weighted by molar-refractivity contribution is -0.137. The van der Waals surface area contributed by atoms with E-state index in [1.807, 2.05) is 36.4 Å². The maximum Gasteiger partial charge on any atom is 0.351 e. The molecule has 114 valence electrons. The number of rotatable bonds is 2. The van der Waals surface area contributed by atoms with Gasteiger partial charge in [0.15, 0.2) is 5.57 Å². The zero-order valence-corrected chi connectivity index (χ0v) is 12.8. The first-order chi connectivity index (χ1) is 11.1. The fourth-order valence-corrected chi connectivity index (χ4v) is 2.78. The highest BCUT2D eigenvalue weighted by Gasteiger charge is 2.34. The Hall–Kier alpha value is -3.13. The van der Waals surface area contributed by atoms with Gasteiger partial charge in [0.2, 0.25) is 0 Å². The molecule has 5 nitrogen and oxygen atoms in total. The first-order valence-electron chi connectivity index (χ1n) is 7.21. The van der Waals surface area contributed by atoms with Gasteiger partial charge in [-0.1, -0.05) is 24.3 Å². The molecule has 0 saturated carbocycles. The van der Waals surface area contributed by atoms with Crippen LogP contribution in [0.3, 0.4) is 0 Å². The van der Waals surface area contributed by atoms with Gasteiger partial charge in [-0.15, -0.1) is 0 Å². The number of ether oxygens (including phenoxy) is 1. The van der Waals surface area contributed by atoms with E-state index in [1.165, 1.54) is 4.90 Å². The SMILES string of the molecule is CCOC(=O)/C(C#N)=C1/c2cc3ccccc3cc2C(=O)N1C. The van der Waals surface area contributed by atoms with Crippen LogP contribution in [0.25, 0.3) is 16.5 Å². The van der Waals surface area contributed by atoms with Gasteiger partial charge in [0.05, 0.1) is 12.3 Å². The highest BCUT2D eigenvalue weighted by atomic mass is 16.5. The molecule has 0 atom stereocenters. The van der Waals surface area contributed by atoms with Crippen LogP contribution in [-0.4, -0.2) is 30.4 Å². The first kappa shape index (κ1) is 14.8. The molecule has 0 aliphatic carbocycles. The van der Waals surface area contributed by atoms with Crippen LogP contribution in [0.2, 0.25) is 0 Å². The Bertz CT molecular complexity index is 906. The van der Waals surface area contributed by atoms with E-state index in [9.17, 15) is 14.9 Å². The second kappa shape index (κ2) is 5.58. The molecule has 5 heteroatoms. The topological polar surface area (TPSA) is 70.4 Å². The van der Waals surface area contributed by atoms with E-state index < -0.39 is 5.97 Å². The highest BCUT2D eigenvalue weighted by Crippen LogP contribution is 2.36. The maximum absolute atomic E-state index is 12.5. The number of esters is 1. The molecule has 1 amide bonds. The minimum atomic E-state index is -0.717. The molecular weight excluding hydrogens is 292 g/mol. The van der Waals surface area contributed by atoms with Gasteiger partial charge in [-0.3, -0.25) is 4.79 Å². The van der Waals surface area contributed by atoms with E-state index in [0.29, 0.717) is 16.8 Å². The van der Waals surface area contributed by atoms with Crippen molar-refractivity contribution in [3.63, 3.8) is 0 Å². The van der Waals surface area contributed by atoms with E-state index in [0.717, 1.165) is 10.8 Å². The molecule has 0 spiro atoms. The largest absolute Gasteiger partial charge is 0.462 e. The summed E-state index contributed by atoms with van der Waals surface area (Å²) in [5, 5.41) is 11.3. The quantitative estimate of drug-likeness (QED) is 0.486. The number of hydrogen-bond acceptors (Lipinski definition) is 4. The molecule has 0 N–H and O–H groups in total. The summed E-state index contributed by atoms with van der Waals surface area (Å²) in [6.07, 6.45) is 0. The lowest BCUT2D eigenvalue weighted by Crippen LogP contribution is -2.20. The second-order valence-corrected chi connectivity index (χ2v) is 5.16. The Morgan fingerprint density at radius 1 is 1.22 bits per heavy atom. The number of nitriles is 1. The molecule has 0 aromatic heterocycles. The third-order valence-electron chi connectivity index (χ3n) is 3.84. The zero-order valence-electron chi connectivity index (χ0n) is 12.8. The average Bonchev–Trinajstić information content (AvgIpc) is 2.79. The normalized spacial score (nSPS) is 15.3. The number of carbonyl (C=O) groups is 2. The van der Waals surface area contributed by atoms with Crippen molar-refractivity contribution in [2.75, 3.05) is 13.7 Å². The minimum Gasteiger partial charge on any atom is -0.462 e. The van der Waals surface area contributed by atoms with E-state index in [1.54, 1.807) is 20.0 Å². The molecule has 3 rings (SSSR count).